The van der Waals surface area contributed by atoms with Gasteiger partial charge in [-0.3, -0.25) is 0 Å². The van der Waals surface area contributed by atoms with E-state index in [1.165, 1.54) is 0 Å². The van der Waals surface area contributed by atoms with Crippen molar-refractivity contribution in [3.05, 3.63) is 0 Å². The molecule has 0 amide bonds. The summed E-state index contributed by atoms with van der Waals surface area (Å²) in [6, 6.07) is 0.232. The van der Waals surface area contributed by atoms with E-state index in [4.69, 9.17) is 9.84 Å². The van der Waals surface area contributed by atoms with E-state index in [0.717, 1.165) is 13.0 Å². The third-order valence-corrected chi connectivity index (χ3v) is 1.45. The fourth-order valence-corrected chi connectivity index (χ4v) is 0.703. The predicted molar refractivity (Wildman–Crippen MR) is 41.0 cm³/mol. The van der Waals surface area contributed by atoms with Gasteiger partial charge in [0.1, 0.15) is 0 Å². The van der Waals surface area contributed by atoms with Gasteiger partial charge in [-0.05, 0) is 6.42 Å². The van der Waals surface area contributed by atoms with Crippen LogP contribution >= 0.6 is 0 Å². The molecule has 0 bridgehead atoms. The summed E-state index contributed by atoms with van der Waals surface area (Å²) in [7, 11) is 1.67. The molecule has 62 valence electrons. The summed E-state index contributed by atoms with van der Waals surface area (Å²) in [5, 5.41) is 11.9. The van der Waals surface area contributed by atoms with Gasteiger partial charge in [-0.1, -0.05) is 6.92 Å². The summed E-state index contributed by atoms with van der Waals surface area (Å²) < 4.78 is 4.84. The van der Waals surface area contributed by atoms with Crippen molar-refractivity contribution < 1.29 is 9.84 Å². The number of aliphatic hydroxyl groups excluding tert-OH is 1. The molecule has 0 aliphatic heterocycles. The lowest BCUT2D eigenvalue weighted by Gasteiger charge is -2.12. The van der Waals surface area contributed by atoms with Gasteiger partial charge in [0.15, 0.2) is 0 Å². The van der Waals surface area contributed by atoms with Gasteiger partial charge in [0.25, 0.3) is 0 Å². The fraction of sp³-hybridized carbons (Fsp3) is 1.00. The molecule has 0 saturated carbocycles. The van der Waals surface area contributed by atoms with E-state index >= 15 is 0 Å². The molecule has 1 atom stereocenters. The van der Waals surface area contributed by atoms with Crippen LogP contribution in [0.3, 0.4) is 0 Å². The van der Waals surface area contributed by atoms with E-state index < -0.39 is 0 Å². The second-order valence-electron chi connectivity index (χ2n) is 2.23. The molecule has 0 spiro atoms. The number of methoxy groups -OCH3 is 1. The van der Waals surface area contributed by atoms with Gasteiger partial charge in [0.05, 0.1) is 13.2 Å². The van der Waals surface area contributed by atoms with Crippen LogP contribution in [0.25, 0.3) is 0 Å². The standard InChI is InChI=1S/C7H17NO2/c1-3-7(6-9)8-4-5-10-2/h7-9H,3-6H2,1-2H3/t7-/m0/s1. The average molecular weight is 147 g/mol. The Kier molecular flexibility index (Phi) is 6.91. The second kappa shape index (κ2) is 6.99. The SMILES string of the molecule is CC[C@@H](CO)NCCOC. The molecule has 0 aromatic rings. The first-order valence-electron chi connectivity index (χ1n) is 3.68. The van der Waals surface area contributed by atoms with Crippen LogP contribution in [0.4, 0.5) is 0 Å². The maximum Gasteiger partial charge on any atom is 0.0587 e. The minimum Gasteiger partial charge on any atom is -0.395 e. The lowest BCUT2D eigenvalue weighted by molar-refractivity contribution is 0.182. The van der Waals surface area contributed by atoms with Gasteiger partial charge >= 0.3 is 0 Å². The van der Waals surface area contributed by atoms with Crippen LogP contribution in [0.5, 0.6) is 0 Å². The molecule has 3 nitrogen and oxygen atoms in total. The Labute approximate surface area is 62.4 Å². The van der Waals surface area contributed by atoms with E-state index in [2.05, 4.69) is 5.32 Å². The molecule has 10 heavy (non-hydrogen) atoms. The van der Waals surface area contributed by atoms with Gasteiger partial charge in [-0.15, -0.1) is 0 Å². The van der Waals surface area contributed by atoms with Gasteiger partial charge in [0, 0.05) is 19.7 Å². The number of hydrogen-bond acceptors (Lipinski definition) is 3. The summed E-state index contributed by atoms with van der Waals surface area (Å²) in [6.07, 6.45) is 0.959. The Bertz CT molecular complexity index is 64.6. The molecule has 0 aromatic carbocycles. The lowest BCUT2D eigenvalue weighted by atomic mass is 10.2. The Morgan fingerprint density at radius 3 is 2.70 bits per heavy atom. The molecular weight excluding hydrogens is 130 g/mol. The molecule has 3 heteroatoms. The first-order chi connectivity index (χ1) is 4.85. The van der Waals surface area contributed by atoms with E-state index in [-0.39, 0.29) is 12.6 Å². The molecular formula is C7H17NO2. The summed E-state index contributed by atoms with van der Waals surface area (Å²) in [5.74, 6) is 0. The van der Waals surface area contributed by atoms with Gasteiger partial charge in [-0.25, -0.2) is 0 Å². The number of rotatable bonds is 6. The largest absolute Gasteiger partial charge is 0.395 e. The van der Waals surface area contributed by atoms with Gasteiger partial charge in [0.2, 0.25) is 0 Å². The third-order valence-electron chi connectivity index (χ3n) is 1.45. The van der Waals surface area contributed by atoms with Gasteiger partial charge < -0.3 is 15.2 Å². The van der Waals surface area contributed by atoms with Gasteiger partial charge in [-0.2, -0.15) is 0 Å². The number of ether oxygens (including phenoxy) is 1. The summed E-state index contributed by atoms with van der Waals surface area (Å²) in [4.78, 5) is 0. The number of nitrogens with one attached hydrogen (secondary N) is 1. The number of aliphatic hydroxyl groups is 1. The van der Waals surface area contributed by atoms with Crippen molar-refractivity contribution in [1.82, 2.24) is 5.32 Å². The van der Waals surface area contributed by atoms with Crippen LogP contribution in [0.1, 0.15) is 13.3 Å². The highest BCUT2D eigenvalue weighted by molar-refractivity contribution is 4.61. The second-order valence-corrected chi connectivity index (χ2v) is 2.23. The molecule has 0 heterocycles. The average Bonchev–Trinajstić information content (AvgIpc) is 1.99. The van der Waals surface area contributed by atoms with Crippen LogP contribution in [0, 0.1) is 0 Å². The monoisotopic (exact) mass is 147 g/mol. The lowest BCUT2D eigenvalue weighted by Crippen LogP contribution is -2.34. The number of hydrogen-bond donors (Lipinski definition) is 2. The van der Waals surface area contributed by atoms with E-state index in [1.807, 2.05) is 6.92 Å². The summed E-state index contributed by atoms with van der Waals surface area (Å²) in [5.41, 5.74) is 0. The molecule has 0 rings (SSSR count). The van der Waals surface area contributed by atoms with Crippen molar-refractivity contribution >= 4 is 0 Å². The Morgan fingerprint density at radius 2 is 2.30 bits per heavy atom. The molecule has 0 aliphatic rings. The Hall–Kier alpha value is -0.120. The topological polar surface area (TPSA) is 41.5 Å². The van der Waals surface area contributed by atoms with E-state index in [1.54, 1.807) is 7.11 Å². The van der Waals surface area contributed by atoms with Crippen LogP contribution in [-0.2, 0) is 4.74 Å². The first kappa shape index (κ1) is 9.88. The molecule has 0 aliphatic carbocycles. The maximum absolute atomic E-state index is 8.72. The molecule has 0 radical (unpaired) electrons. The zero-order valence-corrected chi connectivity index (χ0v) is 6.76. The van der Waals surface area contributed by atoms with Crippen molar-refractivity contribution in [1.29, 1.82) is 0 Å². The highest BCUT2D eigenvalue weighted by Gasteiger charge is 2.00. The summed E-state index contributed by atoms with van der Waals surface area (Å²) in [6.45, 7) is 3.77. The Balaban J connectivity index is 3.09. The molecule has 0 unspecified atom stereocenters. The zero-order valence-electron chi connectivity index (χ0n) is 6.76. The van der Waals surface area contributed by atoms with Crippen molar-refractivity contribution in [2.24, 2.45) is 0 Å². The quantitative estimate of drug-likeness (QED) is 0.519. The van der Waals surface area contributed by atoms with Crippen LogP contribution < -0.4 is 5.32 Å². The molecule has 0 saturated heterocycles. The van der Waals surface area contributed by atoms with Crippen molar-refractivity contribution in [3.8, 4) is 0 Å². The van der Waals surface area contributed by atoms with Crippen molar-refractivity contribution in [2.45, 2.75) is 19.4 Å². The van der Waals surface area contributed by atoms with E-state index in [9.17, 15) is 0 Å². The van der Waals surface area contributed by atoms with Crippen LogP contribution in [0.2, 0.25) is 0 Å². The fourth-order valence-electron chi connectivity index (χ4n) is 0.703. The van der Waals surface area contributed by atoms with Crippen LogP contribution in [-0.4, -0.2) is 38.0 Å². The highest BCUT2D eigenvalue weighted by Crippen LogP contribution is 1.86. The van der Waals surface area contributed by atoms with Crippen molar-refractivity contribution in [2.75, 3.05) is 26.9 Å². The first-order valence-corrected chi connectivity index (χ1v) is 3.68. The smallest absolute Gasteiger partial charge is 0.0587 e. The molecule has 0 fully saturated rings. The highest BCUT2D eigenvalue weighted by atomic mass is 16.5. The minimum atomic E-state index is 0.209. The van der Waals surface area contributed by atoms with Crippen LogP contribution in [0.15, 0.2) is 0 Å². The Morgan fingerprint density at radius 1 is 1.60 bits per heavy atom. The molecule has 0 aromatic heterocycles. The third kappa shape index (κ3) is 4.73. The zero-order chi connectivity index (χ0) is 7.82. The van der Waals surface area contributed by atoms with E-state index in [0.29, 0.717) is 6.61 Å². The predicted octanol–water partition coefficient (Wildman–Crippen LogP) is -0.00670. The molecule has 2 N–H and O–H groups in total. The maximum atomic E-state index is 8.72. The summed E-state index contributed by atoms with van der Waals surface area (Å²) >= 11 is 0. The van der Waals surface area contributed by atoms with Crippen molar-refractivity contribution in [3.63, 3.8) is 0 Å². The minimum absolute atomic E-state index is 0.209. The normalized spacial score (nSPS) is 13.5.